The minimum atomic E-state index is 0.737. The van der Waals surface area contributed by atoms with Crippen LogP contribution in [0.2, 0.25) is 0 Å². The fraction of sp³-hybridized carbons (Fsp3) is 0.625. The molecule has 1 atom stereocenters. The summed E-state index contributed by atoms with van der Waals surface area (Å²) < 4.78 is 0. The normalized spacial score (nSPS) is 20.8. The molecule has 0 bridgehead atoms. The molecular formula is C16H26N2. The molecule has 18 heavy (non-hydrogen) atoms. The standard InChI is InChI=1S/C16H26N2/c1-13-4-3-10-18(11-8-13)16-6-5-14(2)12-15(16)7-9-17/h5-6,12-13H,3-4,7-11,17H2,1-2H3. The van der Waals surface area contributed by atoms with Gasteiger partial charge in [-0.1, -0.05) is 24.6 Å². The van der Waals surface area contributed by atoms with Crippen molar-refractivity contribution in [2.24, 2.45) is 11.7 Å². The second-order valence-corrected chi connectivity index (χ2v) is 5.69. The molecule has 0 spiro atoms. The molecule has 1 aromatic carbocycles. The Morgan fingerprint density at radius 3 is 2.89 bits per heavy atom. The fourth-order valence-electron chi connectivity index (χ4n) is 2.88. The second kappa shape index (κ2) is 6.24. The van der Waals surface area contributed by atoms with Gasteiger partial charge in [0, 0.05) is 18.8 Å². The highest BCUT2D eigenvalue weighted by atomic mass is 15.1. The minimum absolute atomic E-state index is 0.737. The van der Waals surface area contributed by atoms with Crippen molar-refractivity contribution in [3.63, 3.8) is 0 Å². The quantitative estimate of drug-likeness (QED) is 0.888. The maximum Gasteiger partial charge on any atom is 0.0399 e. The van der Waals surface area contributed by atoms with Gasteiger partial charge in [0.2, 0.25) is 0 Å². The van der Waals surface area contributed by atoms with Crippen molar-refractivity contribution in [2.45, 2.75) is 39.5 Å². The Balaban J connectivity index is 2.20. The first-order chi connectivity index (χ1) is 8.70. The molecule has 0 aromatic heterocycles. The van der Waals surface area contributed by atoms with Gasteiger partial charge >= 0.3 is 0 Å². The number of nitrogens with zero attached hydrogens (tertiary/aromatic N) is 1. The molecule has 2 heteroatoms. The average Bonchev–Trinajstić information content (AvgIpc) is 2.55. The summed E-state index contributed by atoms with van der Waals surface area (Å²) in [5.74, 6) is 0.874. The summed E-state index contributed by atoms with van der Waals surface area (Å²) in [5.41, 5.74) is 9.92. The molecule has 1 unspecified atom stereocenters. The van der Waals surface area contributed by atoms with Crippen LogP contribution in [0.5, 0.6) is 0 Å². The predicted molar refractivity (Wildman–Crippen MR) is 79.2 cm³/mol. The molecule has 1 aromatic rings. The first-order valence-electron chi connectivity index (χ1n) is 7.25. The highest BCUT2D eigenvalue weighted by Crippen LogP contribution is 2.26. The fourth-order valence-corrected chi connectivity index (χ4v) is 2.88. The van der Waals surface area contributed by atoms with Crippen LogP contribution in [-0.4, -0.2) is 19.6 Å². The second-order valence-electron chi connectivity index (χ2n) is 5.69. The number of aryl methyl sites for hydroxylation is 1. The Kier molecular flexibility index (Phi) is 4.65. The summed E-state index contributed by atoms with van der Waals surface area (Å²) in [6.07, 6.45) is 4.99. The van der Waals surface area contributed by atoms with Crippen molar-refractivity contribution in [3.8, 4) is 0 Å². The van der Waals surface area contributed by atoms with E-state index in [-0.39, 0.29) is 0 Å². The Hall–Kier alpha value is -1.02. The van der Waals surface area contributed by atoms with E-state index in [2.05, 4.69) is 36.9 Å². The molecule has 1 aliphatic heterocycles. The number of nitrogens with two attached hydrogens (primary N) is 1. The van der Waals surface area contributed by atoms with Crippen LogP contribution in [0, 0.1) is 12.8 Å². The lowest BCUT2D eigenvalue weighted by molar-refractivity contribution is 0.521. The van der Waals surface area contributed by atoms with Crippen LogP contribution < -0.4 is 10.6 Å². The third-order valence-electron chi connectivity index (χ3n) is 4.01. The zero-order valence-corrected chi connectivity index (χ0v) is 11.8. The number of rotatable bonds is 3. The lowest BCUT2D eigenvalue weighted by atomic mass is 10.0. The summed E-state index contributed by atoms with van der Waals surface area (Å²) in [5, 5.41) is 0. The van der Waals surface area contributed by atoms with Crippen molar-refractivity contribution < 1.29 is 0 Å². The van der Waals surface area contributed by atoms with Crippen LogP contribution >= 0.6 is 0 Å². The predicted octanol–water partition coefficient (Wildman–Crippen LogP) is 3.12. The van der Waals surface area contributed by atoms with Gasteiger partial charge in [-0.3, -0.25) is 0 Å². The van der Waals surface area contributed by atoms with Crippen molar-refractivity contribution >= 4 is 5.69 Å². The Morgan fingerprint density at radius 1 is 1.28 bits per heavy atom. The van der Waals surface area contributed by atoms with Crippen LogP contribution in [-0.2, 0) is 6.42 Å². The van der Waals surface area contributed by atoms with Crippen LogP contribution in [0.25, 0.3) is 0 Å². The zero-order valence-electron chi connectivity index (χ0n) is 11.8. The van der Waals surface area contributed by atoms with Crippen LogP contribution in [0.3, 0.4) is 0 Å². The van der Waals surface area contributed by atoms with Crippen LogP contribution in [0.15, 0.2) is 18.2 Å². The molecule has 1 heterocycles. The van der Waals surface area contributed by atoms with Crippen molar-refractivity contribution in [1.29, 1.82) is 0 Å². The Bertz CT molecular complexity index is 387. The van der Waals surface area contributed by atoms with Gasteiger partial charge in [-0.2, -0.15) is 0 Å². The van der Waals surface area contributed by atoms with Gasteiger partial charge in [-0.15, -0.1) is 0 Å². The maximum atomic E-state index is 5.74. The summed E-state index contributed by atoms with van der Waals surface area (Å²) in [6.45, 7) is 7.67. The third kappa shape index (κ3) is 3.26. The monoisotopic (exact) mass is 246 g/mol. The summed E-state index contributed by atoms with van der Waals surface area (Å²) >= 11 is 0. The molecule has 1 aliphatic rings. The van der Waals surface area contributed by atoms with Crippen molar-refractivity contribution in [1.82, 2.24) is 0 Å². The maximum absolute atomic E-state index is 5.74. The van der Waals surface area contributed by atoms with E-state index >= 15 is 0 Å². The van der Waals surface area contributed by atoms with Gasteiger partial charge in [0.25, 0.3) is 0 Å². The highest BCUT2D eigenvalue weighted by Gasteiger charge is 2.16. The summed E-state index contributed by atoms with van der Waals surface area (Å²) in [4.78, 5) is 2.56. The Labute approximate surface area is 111 Å². The van der Waals surface area contributed by atoms with E-state index in [0.717, 1.165) is 18.9 Å². The molecule has 0 saturated carbocycles. The molecule has 0 amide bonds. The van der Waals surface area contributed by atoms with Crippen molar-refractivity contribution in [3.05, 3.63) is 29.3 Å². The number of hydrogen-bond acceptors (Lipinski definition) is 2. The van der Waals surface area contributed by atoms with Crippen LogP contribution in [0.4, 0.5) is 5.69 Å². The topological polar surface area (TPSA) is 29.3 Å². The summed E-state index contributed by atoms with van der Waals surface area (Å²) in [6, 6.07) is 6.82. The van der Waals surface area contributed by atoms with E-state index in [0.29, 0.717) is 0 Å². The average molecular weight is 246 g/mol. The van der Waals surface area contributed by atoms with Gasteiger partial charge in [0.1, 0.15) is 0 Å². The SMILES string of the molecule is Cc1ccc(N2CCCC(C)CC2)c(CCN)c1. The zero-order chi connectivity index (χ0) is 13.0. The van der Waals surface area contributed by atoms with E-state index < -0.39 is 0 Å². The first-order valence-corrected chi connectivity index (χ1v) is 7.25. The number of anilines is 1. The minimum Gasteiger partial charge on any atom is -0.371 e. The molecule has 0 radical (unpaired) electrons. The lowest BCUT2D eigenvalue weighted by Crippen LogP contribution is -2.25. The smallest absolute Gasteiger partial charge is 0.0399 e. The molecule has 100 valence electrons. The molecule has 2 rings (SSSR count). The molecule has 1 saturated heterocycles. The van der Waals surface area contributed by atoms with E-state index in [1.54, 1.807) is 0 Å². The van der Waals surface area contributed by atoms with E-state index in [1.807, 2.05) is 0 Å². The number of hydrogen-bond donors (Lipinski definition) is 1. The third-order valence-corrected chi connectivity index (χ3v) is 4.01. The first kappa shape index (κ1) is 13.4. The Morgan fingerprint density at radius 2 is 2.11 bits per heavy atom. The largest absolute Gasteiger partial charge is 0.371 e. The highest BCUT2D eigenvalue weighted by molar-refractivity contribution is 5.55. The molecule has 2 nitrogen and oxygen atoms in total. The molecule has 2 N–H and O–H groups in total. The van der Waals surface area contributed by atoms with E-state index in [1.165, 1.54) is 49.2 Å². The lowest BCUT2D eigenvalue weighted by Gasteiger charge is -2.26. The summed E-state index contributed by atoms with van der Waals surface area (Å²) in [7, 11) is 0. The van der Waals surface area contributed by atoms with E-state index in [4.69, 9.17) is 5.73 Å². The van der Waals surface area contributed by atoms with Gasteiger partial charge in [0.05, 0.1) is 0 Å². The number of benzene rings is 1. The van der Waals surface area contributed by atoms with Gasteiger partial charge in [0.15, 0.2) is 0 Å². The van der Waals surface area contributed by atoms with Crippen LogP contribution in [0.1, 0.15) is 37.3 Å². The molecular weight excluding hydrogens is 220 g/mol. The van der Waals surface area contributed by atoms with Gasteiger partial charge < -0.3 is 10.6 Å². The van der Waals surface area contributed by atoms with E-state index in [9.17, 15) is 0 Å². The van der Waals surface area contributed by atoms with Gasteiger partial charge in [-0.05, 0) is 56.7 Å². The molecule has 1 fully saturated rings. The molecule has 0 aliphatic carbocycles. The van der Waals surface area contributed by atoms with Gasteiger partial charge in [-0.25, -0.2) is 0 Å². The van der Waals surface area contributed by atoms with Crippen molar-refractivity contribution in [2.75, 3.05) is 24.5 Å².